The SMILES string of the molecule is CCC1CN(CC(CC)(CC)SC)C(C)CN1. The van der Waals surface area contributed by atoms with Crippen molar-refractivity contribution < 1.29 is 0 Å². The molecule has 0 amide bonds. The molecule has 1 saturated heterocycles. The molecule has 17 heavy (non-hydrogen) atoms. The van der Waals surface area contributed by atoms with E-state index >= 15 is 0 Å². The van der Waals surface area contributed by atoms with Crippen molar-refractivity contribution in [2.45, 2.75) is 63.8 Å². The number of hydrogen-bond acceptors (Lipinski definition) is 3. The summed E-state index contributed by atoms with van der Waals surface area (Å²) in [6.07, 6.45) is 6.07. The Kier molecular flexibility index (Phi) is 6.32. The molecule has 0 aliphatic carbocycles. The Balaban J connectivity index is 2.63. The normalized spacial score (nSPS) is 27.4. The molecule has 1 fully saturated rings. The predicted molar refractivity (Wildman–Crippen MR) is 79.9 cm³/mol. The largest absolute Gasteiger partial charge is 0.311 e. The molecule has 2 nitrogen and oxygen atoms in total. The van der Waals surface area contributed by atoms with Crippen molar-refractivity contribution in [2.75, 3.05) is 25.9 Å². The van der Waals surface area contributed by atoms with Crippen LogP contribution in [0.1, 0.15) is 47.0 Å². The summed E-state index contributed by atoms with van der Waals surface area (Å²) in [6, 6.07) is 1.38. The van der Waals surface area contributed by atoms with Gasteiger partial charge in [0.05, 0.1) is 0 Å². The van der Waals surface area contributed by atoms with Gasteiger partial charge in [-0.25, -0.2) is 0 Å². The maximum absolute atomic E-state index is 3.64. The first-order chi connectivity index (χ1) is 8.10. The first-order valence-electron chi connectivity index (χ1n) is 7.13. The van der Waals surface area contributed by atoms with Crippen molar-refractivity contribution >= 4 is 11.8 Å². The highest BCUT2D eigenvalue weighted by atomic mass is 32.2. The average Bonchev–Trinajstić information content (AvgIpc) is 2.38. The van der Waals surface area contributed by atoms with Gasteiger partial charge >= 0.3 is 0 Å². The molecule has 2 unspecified atom stereocenters. The number of nitrogens with zero attached hydrogens (tertiary/aromatic N) is 1. The highest BCUT2D eigenvalue weighted by Gasteiger charge is 2.32. The zero-order chi connectivity index (χ0) is 12.9. The van der Waals surface area contributed by atoms with Crippen LogP contribution in [-0.2, 0) is 0 Å². The van der Waals surface area contributed by atoms with Crippen LogP contribution in [0.5, 0.6) is 0 Å². The minimum Gasteiger partial charge on any atom is -0.311 e. The molecule has 1 rings (SSSR count). The lowest BCUT2D eigenvalue weighted by Crippen LogP contribution is -2.58. The van der Waals surface area contributed by atoms with E-state index in [2.05, 4.69) is 55.9 Å². The van der Waals surface area contributed by atoms with Crippen LogP contribution >= 0.6 is 11.8 Å². The molecule has 1 aliphatic rings. The summed E-state index contributed by atoms with van der Waals surface area (Å²) in [6.45, 7) is 12.9. The number of piperazine rings is 1. The molecule has 3 heteroatoms. The van der Waals surface area contributed by atoms with Crippen LogP contribution in [-0.4, -0.2) is 47.6 Å². The van der Waals surface area contributed by atoms with Crippen LogP contribution in [0.4, 0.5) is 0 Å². The van der Waals surface area contributed by atoms with Gasteiger partial charge in [-0.15, -0.1) is 0 Å². The van der Waals surface area contributed by atoms with E-state index < -0.39 is 0 Å². The summed E-state index contributed by atoms with van der Waals surface area (Å²) in [5, 5.41) is 3.64. The van der Waals surface area contributed by atoms with Gasteiger partial charge in [-0.2, -0.15) is 11.8 Å². The van der Waals surface area contributed by atoms with Crippen molar-refractivity contribution in [2.24, 2.45) is 0 Å². The highest BCUT2D eigenvalue weighted by molar-refractivity contribution is 8.00. The van der Waals surface area contributed by atoms with Gasteiger partial charge < -0.3 is 5.32 Å². The van der Waals surface area contributed by atoms with E-state index in [0.29, 0.717) is 16.8 Å². The third-order valence-corrected chi connectivity index (χ3v) is 6.06. The minimum absolute atomic E-state index is 0.462. The zero-order valence-corrected chi connectivity index (χ0v) is 13.1. The lowest BCUT2D eigenvalue weighted by atomic mass is 9.98. The van der Waals surface area contributed by atoms with Crippen LogP contribution in [0, 0.1) is 0 Å². The van der Waals surface area contributed by atoms with E-state index in [9.17, 15) is 0 Å². The maximum atomic E-state index is 3.64. The van der Waals surface area contributed by atoms with E-state index in [1.807, 2.05) is 0 Å². The molecule has 102 valence electrons. The van der Waals surface area contributed by atoms with Crippen molar-refractivity contribution in [1.29, 1.82) is 0 Å². The second-order valence-corrected chi connectivity index (χ2v) is 6.66. The predicted octanol–water partition coefficient (Wildman–Crippen LogP) is 2.98. The molecule has 0 saturated carbocycles. The molecule has 1 heterocycles. The Labute approximate surface area is 112 Å². The van der Waals surface area contributed by atoms with Crippen LogP contribution in [0.3, 0.4) is 0 Å². The Bertz CT molecular complexity index is 208. The Morgan fingerprint density at radius 1 is 1.29 bits per heavy atom. The van der Waals surface area contributed by atoms with E-state index in [1.165, 1.54) is 32.4 Å². The Morgan fingerprint density at radius 3 is 2.41 bits per heavy atom. The number of rotatable bonds is 6. The lowest BCUT2D eigenvalue weighted by molar-refractivity contribution is 0.123. The van der Waals surface area contributed by atoms with E-state index in [-0.39, 0.29) is 0 Å². The minimum atomic E-state index is 0.462. The molecular formula is C14H30N2S. The summed E-state index contributed by atoms with van der Waals surface area (Å²) in [5.41, 5.74) is 0. The lowest BCUT2D eigenvalue weighted by Gasteiger charge is -2.44. The van der Waals surface area contributed by atoms with Crippen LogP contribution < -0.4 is 5.32 Å². The second kappa shape index (κ2) is 7.01. The maximum Gasteiger partial charge on any atom is 0.0279 e. The molecule has 0 radical (unpaired) electrons. The van der Waals surface area contributed by atoms with Gasteiger partial charge in [0.15, 0.2) is 0 Å². The first-order valence-corrected chi connectivity index (χ1v) is 8.35. The first kappa shape index (κ1) is 15.3. The van der Waals surface area contributed by atoms with Crippen molar-refractivity contribution in [3.63, 3.8) is 0 Å². The fourth-order valence-electron chi connectivity index (χ4n) is 2.68. The van der Waals surface area contributed by atoms with Gasteiger partial charge in [-0.1, -0.05) is 20.8 Å². The van der Waals surface area contributed by atoms with Crippen LogP contribution in [0.25, 0.3) is 0 Å². The second-order valence-electron chi connectivity index (χ2n) is 5.39. The summed E-state index contributed by atoms with van der Waals surface area (Å²) in [5.74, 6) is 0. The summed E-state index contributed by atoms with van der Waals surface area (Å²) < 4.78 is 0.462. The summed E-state index contributed by atoms with van der Waals surface area (Å²) in [7, 11) is 0. The summed E-state index contributed by atoms with van der Waals surface area (Å²) >= 11 is 2.06. The highest BCUT2D eigenvalue weighted by Crippen LogP contribution is 2.32. The van der Waals surface area contributed by atoms with Gasteiger partial charge in [0.1, 0.15) is 0 Å². The third-order valence-electron chi connectivity index (χ3n) is 4.49. The van der Waals surface area contributed by atoms with Crippen molar-refractivity contribution in [1.82, 2.24) is 10.2 Å². The third kappa shape index (κ3) is 3.87. The standard InChI is InChI=1S/C14H30N2S/c1-6-13-10-16(12(4)9-15-13)11-14(7-2,8-3)17-5/h12-13,15H,6-11H2,1-5H3. The van der Waals surface area contributed by atoms with Gasteiger partial charge in [0.25, 0.3) is 0 Å². The molecule has 0 aromatic rings. The van der Waals surface area contributed by atoms with Crippen molar-refractivity contribution in [3.05, 3.63) is 0 Å². The number of hydrogen-bond donors (Lipinski definition) is 1. The molecular weight excluding hydrogens is 228 g/mol. The topological polar surface area (TPSA) is 15.3 Å². The van der Waals surface area contributed by atoms with E-state index in [4.69, 9.17) is 0 Å². The van der Waals surface area contributed by atoms with Crippen molar-refractivity contribution in [3.8, 4) is 0 Å². The summed E-state index contributed by atoms with van der Waals surface area (Å²) in [4.78, 5) is 2.70. The van der Waals surface area contributed by atoms with Crippen LogP contribution in [0.2, 0.25) is 0 Å². The van der Waals surface area contributed by atoms with Gasteiger partial charge in [-0.3, -0.25) is 4.90 Å². The number of thioether (sulfide) groups is 1. The molecule has 1 aliphatic heterocycles. The fraction of sp³-hybridized carbons (Fsp3) is 1.00. The Morgan fingerprint density at radius 2 is 1.94 bits per heavy atom. The van der Waals surface area contributed by atoms with Gasteiger partial charge in [0, 0.05) is 36.5 Å². The molecule has 0 aromatic heterocycles. The molecule has 2 atom stereocenters. The van der Waals surface area contributed by atoms with Gasteiger partial charge in [0.2, 0.25) is 0 Å². The van der Waals surface area contributed by atoms with Gasteiger partial charge in [-0.05, 0) is 32.4 Å². The number of nitrogens with one attached hydrogen (secondary N) is 1. The molecule has 1 N–H and O–H groups in total. The van der Waals surface area contributed by atoms with Crippen LogP contribution in [0.15, 0.2) is 0 Å². The average molecular weight is 258 g/mol. The quantitative estimate of drug-likeness (QED) is 0.788. The monoisotopic (exact) mass is 258 g/mol. The fourth-order valence-corrected chi connectivity index (χ4v) is 3.56. The zero-order valence-electron chi connectivity index (χ0n) is 12.3. The molecule has 0 aromatic carbocycles. The van der Waals surface area contributed by atoms with E-state index in [1.54, 1.807) is 0 Å². The molecule has 0 bridgehead atoms. The Hall–Kier alpha value is 0.270. The smallest absolute Gasteiger partial charge is 0.0279 e. The molecule has 0 spiro atoms. The van der Waals surface area contributed by atoms with E-state index in [0.717, 1.165) is 6.54 Å².